The number of ether oxygens (including phenoxy) is 1. The van der Waals surface area contributed by atoms with E-state index >= 15 is 0 Å². The number of hydrogen-bond acceptors (Lipinski definition) is 3. The van der Waals surface area contributed by atoms with Gasteiger partial charge in [0.2, 0.25) is 0 Å². The van der Waals surface area contributed by atoms with E-state index in [2.05, 4.69) is 4.98 Å². The van der Waals surface area contributed by atoms with E-state index in [1.54, 1.807) is 26.0 Å². The lowest BCUT2D eigenvalue weighted by Gasteiger charge is -2.02. The van der Waals surface area contributed by atoms with Crippen molar-refractivity contribution in [3.63, 3.8) is 0 Å². The first-order chi connectivity index (χ1) is 9.06. The smallest absolute Gasteiger partial charge is 0.343 e. The van der Waals surface area contributed by atoms with Crippen LogP contribution in [0.15, 0.2) is 24.3 Å². The minimum atomic E-state index is -0.628. The maximum absolute atomic E-state index is 13.7. The fraction of sp³-hybridized carbons (Fsp3) is 0.214. The van der Waals surface area contributed by atoms with Gasteiger partial charge in [0.05, 0.1) is 12.3 Å². The van der Waals surface area contributed by atoms with Crippen molar-refractivity contribution in [1.29, 1.82) is 0 Å². The third kappa shape index (κ3) is 2.31. The summed E-state index contributed by atoms with van der Waals surface area (Å²) in [6.45, 7) is 3.50. The molecule has 0 aliphatic heterocycles. The number of halogens is 1. The lowest BCUT2D eigenvalue weighted by molar-refractivity contribution is 0.0522. The van der Waals surface area contributed by atoms with Crippen molar-refractivity contribution in [1.82, 2.24) is 4.98 Å². The third-order valence-electron chi connectivity index (χ3n) is 2.78. The van der Waals surface area contributed by atoms with E-state index in [9.17, 15) is 14.3 Å². The molecule has 2 rings (SSSR count). The Morgan fingerprint density at radius 1 is 1.42 bits per heavy atom. The average Bonchev–Trinajstić information content (AvgIpc) is 2.66. The molecule has 1 heterocycles. The summed E-state index contributed by atoms with van der Waals surface area (Å²) in [6, 6.07) is 6.01. The third-order valence-corrected chi connectivity index (χ3v) is 2.78. The van der Waals surface area contributed by atoms with Crippen molar-refractivity contribution >= 4 is 5.97 Å². The number of benzene rings is 1. The monoisotopic (exact) mass is 263 g/mol. The number of nitrogens with one attached hydrogen (secondary N) is 1. The number of carbonyl (C=O) groups excluding carboxylic acids is 1. The Kier molecular flexibility index (Phi) is 3.55. The summed E-state index contributed by atoms with van der Waals surface area (Å²) < 4.78 is 18.6. The number of rotatable bonds is 3. The topological polar surface area (TPSA) is 62.3 Å². The van der Waals surface area contributed by atoms with Crippen molar-refractivity contribution in [2.45, 2.75) is 13.8 Å². The van der Waals surface area contributed by atoms with Gasteiger partial charge in [0, 0.05) is 11.3 Å². The second-order valence-corrected chi connectivity index (χ2v) is 4.05. The Balaban J connectivity index is 2.54. The first-order valence-electron chi connectivity index (χ1n) is 5.89. The van der Waals surface area contributed by atoms with E-state index in [1.807, 2.05) is 0 Å². The highest BCUT2D eigenvalue weighted by molar-refractivity contribution is 5.96. The summed E-state index contributed by atoms with van der Waals surface area (Å²) in [5, 5.41) is 10.1. The lowest BCUT2D eigenvalue weighted by atomic mass is 10.1. The lowest BCUT2D eigenvalue weighted by Crippen LogP contribution is -2.05. The van der Waals surface area contributed by atoms with Crippen LogP contribution in [0.5, 0.6) is 5.75 Å². The molecule has 0 unspecified atom stereocenters. The number of hydrogen-bond donors (Lipinski definition) is 2. The number of H-pyrrole nitrogens is 1. The van der Waals surface area contributed by atoms with Gasteiger partial charge >= 0.3 is 5.97 Å². The molecule has 0 radical (unpaired) electrons. The molecule has 0 bridgehead atoms. The molecule has 0 atom stereocenters. The Hall–Kier alpha value is -2.30. The van der Waals surface area contributed by atoms with Crippen LogP contribution in [0, 0.1) is 12.7 Å². The fourth-order valence-corrected chi connectivity index (χ4v) is 1.92. The van der Waals surface area contributed by atoms with Crippen LogP contribution in [0.4, 0.5) is 4.39 Å². The molecule has 0 aliphatic rings. The summed E-state index contributed by atoms with van der Waals surface area (Å²) in [5.41, 5.74) is 0.867. The quantitative estimate of drug-likeness (QED) is 0.837. The zero-order valence-electron chi connectivity index (χ0n) is 10.7. The summed E-state index contributed by atoms with van der Waals surface area (Å²) in [4.78, 5) is 14.5. The molecule has 100 valence electrons. The molecule has 2 aromatic rings. The minimum absolute atomic E-state index is 0.0418. The van der Waals surface area contributed by atoms with Gasteiger partial charge in [-0.25, -0.2) is 9.18 Å². The van der Waals surface area contributed by atoms with Crippen molar-refractivity contribution in [2.24, 2.45) is 0 Å². The number of aromatic hydroxyl groups is 1. The molecule has 1 aromatic heterocycles. The van der Waals surface area contributed by atoms with Crippen molar-refractivity contribution in [2.75, 3.05) is 6.61 Å². The molecule has 0 aliphatic carbocycles. The molecule has 0 fully saturated rings. The van der Waals surface area contributed by atoms with Gasteiger partial charge in [0.25, 0.3) is 0 Å². The van der Waals surface area contributed by atoms with Crippen LogP contribution < -0.4 is 0 Å². The zero-order chi connectivity index (χ0) is 14.0. The van der Waals surface area contributed by atoms with E-state index in [0.29, 0.717) is 5.69 Å². The Morgan fingerprint density at radius 2 is 2.11 bits per heavy atom. The van der Waals surface area contributed by atoms with Crippen molar-refractivity contribution in [3.8, 4) is 17.0 Å². The Morgan fingerprint density at radius 3 is 2.74 bits per heavy atom. The van der Waals surface area contributed by atoms with Crippen LogP contribution in [-0.4, -0.2) is 22.7 Å². The molecule has 0 saturated heterocycles. The van der Waals surface area contributed by atoms with Crippen molar-refractivity contribution < 1.29 is 19.0 Å². The van der Waals surface area contributed by atoms with E-state index in [0.717, 1.165) is 0 Å². The molecule has 0 saturated carbocycles. The Labute approximate surface area is 109 Å². The van der Waals surface area contributed by atoms with Gasteiger partial charge in [0.15, 0.2) is 5.75 Å². The van der Waals surface area contributed by atoms with Gasteiger partial charge < -0.3 is 14.8 Å². The molecular formula is C14H14FNO3. The van der Waals surface area contributed by atoms with Crippen LogP contribution in [0.1, 0.15) is 23.0 Å². The molecule has 4 nitrogen and oxygen atoms in total. The van der Waals surface area contributed by atoms with E-state index < -0.39 is 11.8 Å². The maximum atomic E-state index is 13.7. The first-order valence-corrected chi connectivity index (χ1v) is 5.89. The molecule has 0 spiro atoms. The first kappa shape index (κ1) is 13.1. The molecule has 0 amide bonds. The zero-order valence-corrected chi connectivity index (χ0v) is 10.7. The van der Waals surface area contributed by atoms with E-state index in [4.69, 9.17) is 4.74 Å². The summed E-state index contributed by atoms with van der Waals surface area (Å²) in [6.07, 6.45) is 0. The van der Waals surface area contributed by atoms with Crippen LogP contribution >= 0.6 is 0 Å². The highest BCUT2D eigenvalue weighted by Gasteiger charge is 2.23. The van der Waals surface area contributed by atoms with Crippen LogP contribution in [0.2, 0.25) is 0 Å². The minimum Gasteiger partial charge on any atom is -0.505 e. The molecule has 1 aromatic carbocycles. The highest BCUT2D eigenvalue weighted by atomic mass is 19.1. The SMILES string of the molecule is CCOC(=O)c1c(C)[nH]c(-c2ccccc2F)c1O. The van der Waals surface area contributed by atoms with Crippen molar-refractivity contribution in [3.05, 3.63) is 41.3 Å². The van der Waals surface area contributed by atoms with Crippen LogP contribution in [-0.2, 0) is 4.74 Å². The van der Waals surface area contributed by atoms with Gasteiger partial charge in [0.1, 0.15) is 11.4 Å². The predicted molar refractivity (Wildman–Crippen MR) is 68.5 cm³/mol. The van der Waals surface area contributed by atoms with Gasteiger partial charge in [-0.15, -0.1) is 0 Å². The maximum Gasteiger partial charge on any atom is 0.343 e. The van der Waals surface area contributed by atoms with Crippen LogP contribution in [0.3, 0.4) is 0 Å². The molecular weight excluding hydrogens is 249 g/mol. The average molecular weight is 263 g/mol. The second kappa shape index (κ2) is 5.14. The summed E-state index contributed by atoms with van der Waals surface area (Å²) in [7, 11) is 0. The highest BCUT2D eigenvalue weighted by Crippen LogP contribution is 2.35. The number of aromatic amines is 1. The molecule has 5 heteroatoms. The number of carbonyl (C=O) groups is 1. The fourth-order valence-electron chi connectivity index (χ4n) is 1.92. The normalized spacial score (nSPS) is 10.5. The van der Waals surface area contributed by atoms with Gasteiger partial charge in [-0.3, -0.25) is 0 Å². The second-order valence-electron chi connectivity index (χ2n) is 4.05. The standard InChI is InChI=1S/C14H14FNO3/c1-3-19-14(18)11-8(2)16-12(13(11)17)9-6-4-5-7-10(9)15/h4-7,16-17H,3H2,1-2H3. The van der Waals surface area contributed by atoms with Gasteiger partial charge in [-0.1, -0.05) is 12.1 Å². The Bertz CT molecular complexity index is 619. The van der Waals surface area contributed by atoms with E-state index in [1.165, 1.54) is 12.1 Å². The summed E-state index contributed by atoms with van der Waals surface area (Å²) in [5.74, 6) is -1.40. The molecule has 19 heavy (non-hydrogen) atoms. The van der Waals surface area contributed by atoms with E-state index in [-0.39, 0.29) is 29.2 Å². The van der Waals surface area contributed by atoms with Gasteiger partial charge in [-0.05, 0) is 26.0 Å². The largest absolute Gasteiger partial charge is 0.505 e. The predicted octanol–water partition coefficient (Wildman–Crippen LogP) is 3.01. The number of esters is 1. The number of aryl methyl sites for hydroxylation is 1. The summed E-state index contributed by atoms with van der Waals surface area (Å²) >= 11 is 0. The van der Waals surface area contributed by atoms with Gasteiger partial charge in [-0.2, -0.15) is 0 Å². The molecule has 2 N–H and O–H groups in total. The van der Waals surface area contributed by atoms with Crippen LogP contribution in [0.25, 0.3) is 11.3 Å². The number of aromatic nitrogens is 1.